The van der Waals surface area contributed by atoms with E-state index in [1.54, 1.807) is 6.08 Å². The Morgan fingerprint density at radius 3 is 2.34 bits per heavy atom. The molecule has 0 atom stereocenters. The molecule has 1 heterocycles. The number of para-hydroxylation sites is 1. The average molecular weight is 510 g/mol. The van der Waals surface area contributed by atoms with Crippen LogP contribution in [0.25, 0.3) is 6.08 Å². The molecule has 1 aliphatic rings. The van der Waals surface area contributed by atoms with E-state index >= 15 is 0 Å². The summed E-state index contributed by atoms with van der Waals surface area (Å²) in [6.07, 6.45) is 1.72. The van der Waals surface area contributed by atoms with Crippen molar-refractivity contribution in [3.8, 4) is 11.5 Å². The van der Waals surface area contributed by atoms with E-state index in [1.165, 1.54) is 4.90 Å². The molecule has 162 valence electrons. The van der Waals surface area contributed by atoms with Crippen molar-refractivity contribution in [2.75, 3.05) is 13.2 Å². The summed E-state index contributed by atoms with van der Waals surface area (Å²) in [5.41, 5.74) is 1.88. The zero-order chi connectivity index (χ0) is 22.3. The smallest absolute Gasteiger partial charge is 0.293 e. The highest BCUT2D eigenvalue weighted by Crippen LogP contribution is 2.34. The van der Waals surface area contributed by atoms with Crippen LogP contribution in [0.4, 0.5) is 4.79 Å². The monoisotopic (exact) mass is 509 g/mol. The van der Waals surface area contributed by atoms with Crippen molar-refractivity contribution in [1.29, 1.82) is 0 Å². The van der Waals surface area contributed by atoms with Gasteiger partial charge in [-0.2, -0.15) is 0 Å². The molecule has 0 radical (unpaired) electrons. The molecule has 7 heteroatoms. The molecule has 0 saturated carbocycles. The standard InChI is InChI=1S/C25H20BrNO4S/c26-21-15-19(11-12-22(21)31-17-18-7-3-1-4-8-18)16-23-24(28)27(25(29)32-23)13-14-30-20-9-5-2-6-10-20/h1-12,15-16H,13-14,17H2/b23-16-. The van der Waals surface area contributed by atoms with Crippen LogP contribution in [0.1, 0.15) is 11.1 Å². The van der Waals surface area contributed by atoms with Crippen molar-refractivity contribution in [2.45, 2.75) is 6.61 Å². The van der Waals surface area contributed by atoms with Crippen LogP contribution < -0.4 is 9.47 Å². The van der Waals surface area contributed by atoms with E-state index in [2.05, 4.69) is 15.9 Å². The van der Waals surface area contributed by atoms with Crippen molar-refractivity contribution in [1.82, 2.24) is 4.90 Å². The van der Waals surface area contributed by atoms with E-state index < -0.39 is 0 Å². The first-order valence-corrected chi connectivity index (χ1v) is 11.6. The van der Waals surface area contributed by atoms with Gasteiger partial charge < -0.3 is 9.47 Å². The van der Waals surface area contributed by atoms with Gasteiger partial charge >= 0.3 is 0 Å². The summed E-state index contributed by atoms with van der Waals surface area (Å²) in [6, 6.07) is 24.8. The number of thioether (sulfide) groups is 1. The van der Waals surface area contributed by atoms with Crippen molar-refractivity contribution in [2.24, 2.45) is 0 Å². The normalized spacial score (nSPS) is 14.8. The van der Waals surface area contributed by atoms with E-state index in [9.17, 15) is 9.59 Å². The Kier molecular flexibility index (Phi) is 7.29. The predicted molar refractivity (Wildman–Crippen MR) is 130 cm³/mol. The van der Waals surface area contributed by atoms with Gasteiger partial charge in [0.05, 0.1) is 15.9 Å². The molecule has 2 amide bonds. The summed E-state index contributed by atoms with van der Waals surface area (Å²) in [4.78, 5) is 26.6. The molecule has 3 aromatic rings. The SMILES string of the molecule is O=C1S/C(=C\c2ccc(OCc3ccccc3)c(Br)c2)C(=O)N1CCOc1ccccc1. The molecular weight excluding hydrogens is 490 g/mol. The third kappa shape index (κ3) is 5.60. The second-order valence-corrected chi connectivity index (χ2v) is 8.81. The molecule has 1 fully saturated rings. The minimum atomic E-state index is -0.308. The molecule has 32 heavy (non-hydrogen) atoms. The van der Waals surface area contributed by atoms with Crippen LogP contribution in [0, 0.1) is 0 Å². The molecular formula is C25H20BrNO4S. The third-order valence-electron chi connectivity index (χ3n) is 4.69. The van der Waals surface area contributed by atoms with Gasteiger partial charge in [-0.3, -0.25) is 14.5 Å². The number of benzene rings is 3. The Morgan fingerprint density at radius 1 is 0.906 bits per heavy atom. The molecule has 0 aromatic heterocycles. The second-order valence-electron chi connectivity index (χ2n) is 6.96. The number of amides is 2. The molecule has 3 aromatic carbocycles. The van der Waals surface area contributed by atoms with E-state index in [1.807, 2.05) is 78.9 Å². The van der Waals surface area contributed by atoms with E-state index in [0.29, 0.717) is 23.0 Å². The number of halogens is 1. The number of ether oxygens (including phenoxy) is 2. The van der Waals surface area contributed by atoms with Crippen LogP contribution in [-0.4, -0.2) is 29.2 Å². The van der Waals surface area contributed by atoms with Crippen LogP contribution in [0.2, 0.25) is 0 Å². The largest absolute Gasteiger partial charge is 0.492 e. The van der Waals surface area contributed by atoms with Gasteiger partial charge in [0.25, 0.3) is 11.1 Å². The molecule has 5 nitrogen and oxygen atoms in total. The van der Waals surface area contributed by atoms with E-state index in [4.69, 9.17) is 9.47 Å². The van der Waals surface area contributed by atoms with Crippen molar-refractivity contribution in [3.05, 3.63) is 99.4 Å². The topological polar surface area (TPSA) is 55.8 Å². The molecule has 0 spiro atoms. The van der Waals surface area contributed by atoms with Crippen LogP contribution >= 0.6 is 27.7 Å². The van der Waals surface area contributed by atoms with Gasteiger partial charge in [-0.1, -0.05) is 54.6 Å². The zero-order valence-electron chi connectivity index (χ0n) is 17.1. The second kappa shape index (κ2) is 10.5. The lowest BCUT2D eigenvalue weighted by Gasteiger charge is -2.13. The number of nitrogens with zero attached hydrogens (tertiary/aromatic N) is 1. The Bertz CT molecular complexity index is 1140. The number of hydrogen-bond donors (Lipinski definition) is 0. The minimum absolute atomic E-state index is 0.201. The Labute approximate surface area is 199 Å². The summed E-state index contributed by atoms with van der Waals surface area (Å²) < 4.78 is 12.3. The molecule has 0 aliphatic carbocycles. The highest BCUT2D eigenvalue weighted by molar-refractivity contribution is 9.10. The summed E-state index contributed by atoms with van der Waals surface area (Å²) in [6.45, 7) is 0.907. The van der Waals surface area contributed by atoms with E-state index in [0.717, 1.165) is 27.4 Å². The molecule has 1 aliphatic heterocycles. The van der Waals surface area contributed by atoms with Gasteiger partial charge in [-0.15, -0.1) is 0 Å². The molecule has 0 unspecified atom stereocenters. The van der Waals surface area contributed by atoms with Crippen LogP contribution in [0.5, 0.6) is 11.5 Å². The first kappa shape index (κ1) is 22.2. The maximum atomic E-state index is 12.7. The summed E-state index contributed by atoms with van der Waals surface area (Å²) in [7, 11) is 0. The zero-order valence-corrected chi connectivity index (χ0v) is 19.5. The quantitative estimate of drug-likeness (QED) is 0.341. The lowest BCUT2D eigenvalue weighted by Crippen LogP contribution is -2.32. The maximum Gasteiger partial charge on any atom is 0.293 e. The molecule has 1 saturated heterocycles. The predicted octanol–water partition coefficient (Wildman–Crippen LogP) is 6.14. The fourth-order valence-electron chi connectivity index (χ4n) is 3.07. The Hall–Kier alpha value is -3.03. The van der Waals surface area contributed by atoms with Gasteiger partial charge in [-0.25, -0.2) is 0 Å². The van der Waals surface area contributed by atoms with E-state index in [-0.39, 0.29) is 24.3 Å². The van der Waals surface area contributed by atoms with Crippen molar-refractivity contribution in [3.63, 3.8) is 0 Å². The number of rotatable bonds is 8. The van der Waals surface area contributed by atoms with Gasteiger partial charge in [0.15, 0.2) is 0 Å². The highest BCUT2D eigenvalue weighted by atomic mass is 79.9. The van der Waals surface area contributed by atoms with Crippen LogP contribution in [-0.2, 0) is 11.4 Å². The number of carbonyl (C=O) groups is 2. The number of imide groups is 1. The summed E-state index contributed by atoms with van der Waals surface area (Å²) in [5.74, 6) is 1.10. The van der Waals surface area contributed by atoms with Gasteiger partial charge in [-0.05, 0) is 69.2 Å². The fraction of sp³-hybridized carbons (Fsp3) is 0.120. The minimum Gasteiger partial charge on any atom is -0.492 e. The van der Waals surface area contributed by atoms with Crippen LogP contribution in [0.15, 0.2) is 88.2 Å². The number of carbonyl (C=O) groups excluding carboxylic acids is 2. The van der Waals surface area contributed by atoms with Crippen LogP contribution in [0.3, 0.4) is 0 Å². The fourth-order valence-corrected chi connectivity index (χ4v) is 4.45. The van der Waals surface area contributed by atoms with Gasteiger partial charge in [0, 0.05) is 0 Å². The first-order chi connectivity index (χ1) is 15.6. The number of hydrogen-bond acceptors (Lipinski definition) is 5. The van der Waals surface area contributed by atoms with Crippen molar-refractivity contribution >= 4 is 44.9 Å². The Morgan fingerprint density at radius 2 is 1.62 bits per heavy atom. The molecule has 0 bridgehead atoms. The highest BCUT2D eigenvalue weighted by Gasteiger charge is 2.34. The summed E-state index contributed by atoms with van der Waals surface area (Å²) in [5, 5.41) is -0.292. The summed E-state index contributed by atoms with van der Waals surface area (Å²) >= 11 is 4.46. The first-order valence-electron chi connectivity index (χ1n) is 9.99. The molecule has 0 N–H and O–H groups in total. The maximum absolute atomic E-state index is 12.7. The van der Waals surface area contributed by atoms with Crippen molar-refractivity contribution < 1.29 is 19.1 Å². The van der Waals surface area contributed by atoms with Gasteiger partial charge in [0.2, 0.25) is 0 Å². The lowest BCUT2D eigenvalue weighted by atomic mass is 10.2. The Balaban J connectivity index is 1.37. The molecule has 4 rings (SSSR count). The van der Waals surface area contributed by atoms with Gasteiger partial charge in [0.1, 0.15) is 24.7 Å². The third-order valence-corrected chi connectivity index (χ3v) is 6.22. The lowest BCUT2D eigenvalue weighted by molar-refractivity contribution is -0.123. The average Bonchev–Trinajstić information content (AvgIpc) is 3.07.